The van der Waals surface area contributed by atoms with E-state index in [-0.39, 0.29) is 14.9 Å². The van der Waals surface area contributed by atoms with Crippen LogP contribution in [0.25, 0.3) is 0 Å². The minimum atomic E-state index is 0. The Morgan fingerprint density at radius 3 is 0.900 bits per heavy atom. The molecule has 1 aliphatic rings. The van der Waals surface area contributed by atoms with E-state index in [0.29, 0.717) is 0 Å². The summed E-state index contributed by atoms with van der Waals surface area (Å²) in [5.74, 6) is 0. The molecule has 10 heavy (non-hydrogen) atoms. The van der Waals surface area contributed by atoms with Gasteiger partial charge in [-0.2, -0.15) is 0 Å². The monoisotopic (exact) mass is 144 g/mol. The van der Waals surface area contributed by atoms with Crippen LogP contribution in [0.2, 0.25) is 0 Å². The smallest absolute Gasteiger partial charge is 0.0474 e. The average molecular weight is 144 g/mol. The average Bonchev–Trinajstić information content (AvgIpc) is 1.62. The second kappa shape index (κ2) is 8.84. The molecule has 1 fully saturated rings. The molecule has 0 amide bonds. The minimum absolute atomic E-state index is 0. The van der Waals surface area contributed by atoms with Gasteiger partial charge in [-0.05, 0) is 0 Å². The van der Waals surface area contributed by atoms with Crippen molar-refractivity contribution < 1.29 is 0 Å². The van der Waals surface area contributed by atoms with Crippen molar-refractivity contribution >= 4 is 0 Å². The molecule has 4 N–H and O–H groups in total. The fourth-order valence-electron chi connectivity index (χ4n) is 0.604. The van der Waals surface area contributed by atoms with Crippen LogP contribution in [0, 0.1) is 14.9 Å². The zero-order valence-corrected chi connectivity index (χ0v) is 6.24. The summed E-state index contributed by atoms with van der Waals surface area (Å²) in [4.78, 5) is 0. The molecule has 0 atom stereocenters. The molecule has 0 aromatic carbocycles. The third-order valence-electron chi connectivity index (χ3n) is 1.000. The molecule has 0 aromatic rings. The molecule has 1 saturated heterocycles. The molecule has 4 nitrogen and oxygen atoms in total. The van der Waals surface area contributed by atoms with E-state index >= 15 is 0 Å². The normalized spacial score (nSPS) is 19.2. The van der Waals surface area contributed by atoms with E-state index < -0.39 is 0 Å². The Kier molecular flexibility index (Phi) is 11.1. The van der Waals surface area contributed by atoms with Crippen molar-refractivity contribution in [3.63, 3.8) is 0 Å². The van der Waals surface area contributed by atoms with Gasteiger partial charge in [-0.25, -0.2) is 0 Å². The maximum absolute atomic E-state index is 3.12. The van der Waals surface area contributed by atoms with E-state index in [1.807, 2.05) is 0 Å². The van der Waals surface area contributed by atoms with Gasteiger partial charge in [-0.1, -0.05) is 14.9 Å². The van der Waals surface area contributed by atoms with Gasteiger partial charge in [-0.15, -0.1) is 0 Å². The minimum Gasteiger partial charge on any atom is -0.292 e. The summed E-state index contributed by atoms with van der Waals surface area (Å²) in [7, 11) is 0. The van der Waals surface area contributed by atoms with Crippen LogP contribution in [-0.2, 0) is 0 Å². The van der Waals surface area contributed by atoms with E-state index in [4.69, 9.17) is 0 Å². The lowest BCUT2D eigenvalue weighted by Gasteiger charge is -2.13. The largest absolute Gasteiger partial charge is 0.292 e. The van der Waals surface area contributed by atoms with Crippen LogP contribution in [0.15, 0.2) is 0 Å². The third kappa shape index (κ3) is 5.97. The second-order valence-corrected chi connectivity index (χ2v) is 1.71. The molecule has 4 radical (unpaired) electrons. The van der Waals surface area contributed by atoms with Crippen LogP contribution in [-0.4, -0.2) is 26.7 Å². The summed E-state index contributed by atoms with van der Waals surface area (Å²) >= 11 is 0. The van der Waals surface area contributed by atoms with E-state index in [9.17, 15) is 0 Å². The van der Waals surface area contributed by atoms with Crippen molar-refractivity contribution in [2.75, 3.05) is 26.7 Å². The van der Waals surface area contributed by atoms with Crippen LogP contribution in [0.4, 0.5) is 0 Å². The SMILES string of the molecule is C1NCNCNCN1.[CH2].[CH2]. The maximum atomic E-state index is 3.12. The first-order chi connectivity index (χ1) is 4.00. The molecule has 4 heteroatoms. The summed E-state index contributed by atoms with van der Waals surface area (Å²) in [6.07, 6.45) is 0. The highest BCUT2D eigenvalue weighted by Gasteiger charge is 1.89. The zero-order chi connectivity index (χ0) is 5.66. The number of hydrogen-bond donors (Lipinski definition) is 4. The standard InChI is InChI=1S/C4H12N4.2CH2/c1-5-2-7-4-8-3-6-1;;/h5-8H,1-4H2;2*1H2. The van der Waals surface area contributed by atoms with Gasteiger partial charge in [0.05, 0.1) is 0 Å². The topological polar surface area (TPSA) is 48.1 Å². The van der Waals surface area contributed by atoms with Crippen molar-refractivity contribution in [3.8, 4) is 0 Å². The molecular weight excluding hydrogens is 128 g/mol. The van der Waals surface area contributed by atoms with Gasteiger partial charge in [-0.3, -0.25) is 21.3 Å². The summed E-state index contributed by atoms with van der Waals surface area (Å²) in [5.41, 5.74) is 0. The van der Waals surface area contributed by atoms with Gasteiger partial charge in [0.15, 0.2) is 0 Å². The van der Waals surface area contributed by atoms with Gasteiger partial charge in [0, 0.05) is 26.7 Å². The second-order valence-electron chi connectivity index (χ2n) is 1.71. The molecule has 1 heterocycles. The molecule has 1 aliphatic heterocycles. The summed E-state index contributed by atoms with van der Waals surface area (Å²) in [6.45, 7) is 3.50. The van der Waals surface area contributed by atoms with Crippen molar-refractivity contribution in [2.24, 2.45) is 0 Å². The molecule has 0 spiro atoms. The van der Waals surface area contributed by atoms with Gasteiger partial charge < -0.3 is 0 Å². The Labute approximate surface area is 63.8 Å². The Balaban J connectivity index is 0. The van der Waals surface area contributed by atoms with Gasteiger partial charge >= 0.3 is 0 Å². The lowest BCUT2D eigenvalue weighted by Crippen LogP contribution is -2.47. The maximum Gasteiger partial charge on any atom is 0.0474 e. The van der Waals surface area contributed by atoms with Crippen molar-refractivity contribution in [3.05, 3.63) is 14.9 Å². The third-order valence-corrected chi connectivity index (χ3v) is 1.000. The predicted octanol–water partition coefficient (Wildman–Crippen LogP) is -1.16. The molecule has 0 aromatic heterocycles. The van der Waals surface area contributed by atoms with Gasteiger partial charge in [0.25, 0.3) is 0 Å². The lowest BCUT2D eigenvalue weighted by molar-refractivity contribution is 0.443. The Morgan fingerprint density at radius 2 is 0.700 bits per heavy atom. The Hall–Kier alpha value is -0.160. The van der Waals surface area contributed by atoms with Gasteiger partial charge in [0.1, 0.15) is 0 Å². The fourth-order valence-corrected chi connectivity index (χ4v) is 0.604. The zero-order valence-electron chi connectivity index (χ0n) is 6.24. The number of hydrogen-bond acceptors (Lipinski definition) is 4. The van der Waals surface area contributed by atoms with Crippen molar-refractivity contribution in [2.45, 2.75) is 0 Å². The summed E-state index contributed by atoms with van der Waals surface area (Å²) < 4.78 is 0. The van der Waals surface area contributed by atoms with E-state index in [1.54, 1.807) is 0 Å². The van der Waals surface area contributed by atoms with Crippen LogP contribution < -0.4 is 21.3 Å². The first kappa shape index (κ1) is 12.5. The lowest BCUT2D eigenvalue weighted by atomic mass is 10.8. The van der Waals surface area contributed by atoms with Crippen LogP contribution in [0.5, 0.6) is 0 Å². The first-order valence-corrected chi connectivity index (χ1v) is 2.83. The quantitative estimate of drug-likeness (QED) is 0.346. The first-order valence-electron chi connectivity index (χ1n) is 2.83. The highest BCUT2D eigenvalue weighted by Crippen LogP contribution is 1.56. The Morgan fingerprint density at radius 1 is 0.500 bits per heavy atom. The summed E-state index contributed by atoms with van der Waals surface area (Å²) in [5, 5.41) is 12.5. The van der Waals surface area contributed by atoms with E-state index in [0.717, 1.165) is 26.7 Å². The molecule has 1 rings (SSSR count). The predicted molar refractivity (Wildman–Crippen MR) is 42.7 cm³/mol. The van der Waals surface area contributed by atoms with E-state index in [1.165, 1.54) is 0 Å². The van der Waals surface area contributed by atoms with Crippen LogP contribution >= 0.6 is 0 Å². The number of nitrogens with one attached hydrogen (secondary N) is 4. The van der Waals surface area contributed by atoms with Crippen molar-refractivity contribution in [1.82, 2.24) is 21.3 Å². The molecule has 0 aliphatic carbocycles. The van der Waals surface area contributed by atoms with Crippen molar-refractivity contribution in [1.29, 1.82) is 0 Å². The van der Waals surface area contributed by atoms with Gasteiger partial charge in [0.2, 0.25) is 0 Å². The highest BCUT2D eigenvalue weighted by molar-refractivity contribution is 4.49. The van der Waals surface area contributed by atoms with Crippen LogP contribution in [0.1, 0.15) is 0 Å². The van der Waals surface area contributed by atoms with Crippen LogP contribution in [0.3, 0.4) is 0 Å². The molecule has 60 valence electrons. The highest BCUT2D eigenvalue weighted by atomic mass is 15.2. The fraction of sp³-hybridized carbons (Fsp3) is 0.667. The molecule has 0 saturated carbocycles. The molecule has 0 unspecified atom stereocenters. The Bertz CT molecular complexity index is 33.7. The number of rotatable bonds is 0. The van der Waals surface area contributed by atoms with E-state index in [2.05, 4.69) is 21.3 Å². The molecular formula is C6H16N4. The summed E-state index contributed by atoms with van der Waals surface area (Å²) in [6, 6.07) is 0. The molecule has 0 bridgehead atoms.